The van der Waals surface area contributed by atoms with Crippen molar-refractivity contribution in [1.82, 2.24) is 9.97 Å². The van der Waals surface area contributed by atoms with Crippen molar-refractivity contribution in [3.63, 3.8) is 0 Å². The number of methoxy groups -OCH3 is 1. The van der Waals surface area contributed by atoms with Gasteiger partial charge in [-0.05, 0) is 36.4 Å². The van der Waals surface area contributed by atoms with E-state index in [2.05, 4.69) is 25.3 Å². The van der Waals surface area contributed by atoms with Gasteiger partial charge in [0.05, 0.1) is 23.4 Å². The van der Waals surface area contributed by atoms with E-state index in [-0.39, 0.29) is 11.6 Å². The molecule has 3 aromatic rings. The molecule has 6 nitrogen and oxygen atoms in total. The summed E-state index contributed by atoms with van der Waals surface area (Å²) >= 11 is 6.13. The summed E-state index contributed by atoms with van der Waals surface area (Å²) in [5, 5.41) is 5.77. The minimum absolute atomic E-state index is 0.0238. The summed E-state index contributed by atoms with van der Waals surface area (Å²) in [6, 6.07) is 9.57. The van der Waals surface area contributed by atoms with Crippen LogP contribution in [0.1, 0.15) is 10.4 Å². The molecule has 0 unspecified atom stereocenters. The van der Waals surface area contributed by atoms with Crippen LogP contribution in [0.4, 0.5) is 31.9 Å². The number of rotatable bonds is 5. The van der Waals surface area contributed by atoms with Gasteiger partial charge in [-0.15, -0.1) is 0 Å². The van der Waals surface area contributed by atoms with Crippen LogP contribution in [0, 0.1) is 11.6 Å². The summed E-state index contributed by atoms with van der Waals surface area (Å²) in [4.78, 5) is 19.7. The molecular formula is C18H13ClF2N4O2. The van der Waals surface area contributed by atoms with Gasteiger partial charge in [0.2, 0.25) is 5.95 Å². The predicted molar refractivity (Wildman–Crippen MR) is 97.7 cm³/mol. The lowest BCUT2D eigenvalue weighted by molar-refractivity contribution is 0.0601. The Morgan fingerprint density at radius 3 is 2.56 bits per heavy atom. The van der Waals surface area contributed by atoms with Gasteiger partial charge in [-0.25, -0.2) is 18.6 Å². The molecule has 0 atom stereocenters. The fourth-order valence-corrected chi connectivity index (χ4v) is 2.39. The Labute approximate surface area is 158 Å². The van der Waals surface area contributed by atoms with E-state index in [1.807, 2.05) is 0 Å². The molecule has 1 heterocycles. The maximum absolute atomic E-state index is 13.8. The zero-order valence-corrected chi connectivity index (χ0v) is 14.7. The first-order chi connectivity index (χ1) is 13.0. The molecule has 0 aliphatic carbocycles. The summed E-state index contributed by atoms with van der Waals surface area (Å²) in [6.07, 6.45) is 1.40. The normalized spacial score (nSPS) is 10.4. The number of benzene rings is 2. The number of carbonyl (C=O) groups excluding carboxylic acids is 1. The van der Waals surface area contributed by atoms with Gasteiger partial charge in [-0.3, -0.25) is 0 Å². The van der Waals surface area contributed by atoms with Crippen LogP contribution in [0.5, 0.6) is 0 Å². The molecule has 0 saturated carbocycles. The lowest BCUT2D eigenvalue weighted by Crippen LogP contribution is -2.05. The van der Waals surface area contributed by atoms with Gasteiger partial charge in [-0.2, -0.15) is 4.98 Å². The van der Waals surface area contributed by atoms with E-state index in [0.717, 1.165) is 12.1 Å². The van der Waals surface area contributed by atoms with E-state index in [0.29, 0.717) is 22.1 Å². The Morgan fingerprint density at radius 1 is 1.11 bits per heavy atom. The second kappa shape index (κ2) is 7.96. The van der Waals surface area contributed by atoms with Gasteiger partial charge >= 0.3 is 5.97 Å². The molecule has 0 spiro atoms. The van der Waals surface area contributed by atoms with Crippen LogP contribution >= 0.6 is 11.6 Å². The smallest absolute Gasteiger partial charge is 0.337 e. The van der Waals surface area contributed by atoms with Gasteiger partial charge < -0.3 is 15.4 Å². The maximum atomic E-state index is 13.8. The highest BCUT2D eigenvalue weighted by Gasteiger charge is 2.12. The number of esters is 1. The van der Waals surface area contributed by atoms with Crippen molar-refractivity contribution in [1.29, 1.82) is 0 Å². The van der Waals surface area contributed by atoms with Crippen molar-refractivity contribution < 1.29 is 18.3 Å². The first-order valence-corrected chi connectivity index (χ1v) is 8.04. The van der Waals surface area contributed by atoms with Crippen molar-refractivity contribution in [2.24, 2.45) is 0 Å². The van der Waals surface area contributed by atoms with Crippen molar-refractivity contribution in [2.45, 2.75) is 0 Å². The third kappa shape index (κ3) is 4.29. The quantitative estimate of drug-likeness (QED) is 0.616. The summed E-state index contributed by atoms with van der Waals surface area (Å²) in [5.74, 6) is -1.79. The van der Waals surface area contributed by atoms with Crippen LogP contribution in [0.3, 0.4) is 0 Å². The lowest BCUT2D eigenvalue weighted by atomic mass is 10.2. The number of hydrogen-bond acceptors (Lipinski definition) is 6. The number of hydrogen-bond donors (Lipinski definition) is 2. The lowest BCUT2D eigenvalue weighted by Gasteiger charge is -2.11. The first kappa shape index (κ1) is 18.5. The molecule has 2 aromatic carbocycles. The van der Waals surface area contributed by atoms with Crippen LogP contribution < -0.4 is 10.6 Å². The van der Waals surface area contributed by atoms with Crippen molar-refractivity contribution in [3.05, 3.63) is 70.9 Å². The van der Waals surface area contributed by atoms with Crippen LogP contribution in [-0.2, 0) is 4.74 Å². The Morgan fingerprint density at radius 2 is 1.85 bits per heavy atom. The summed E-state index contributed by atoms with van der Waals surface area (Å²) < 4.78 is 32.2. The summed E-state index contributed by atoms with van der Waals surface area (Å²) in [7, 11) is 1.27. The van der Waals surface area contributed by atoms with Crippen LogP contribution in [0.2, 0.25) is 5.02 Å². The molecule has 0 saturated heterocycles. The average molecular weight is 391 g/mol. The number of nitrogens with zero attached hydrogens (tertiary/aromatic N) is 2. The number of halogens is 3. The maximum Gasteiger partial charge on any atom is 0.337 e. The Bertz CT molecular complexity index is 981. The van der Waals surface area contributed by atoms with Crippen molar-refractivity contribution in [3.8, 4) is 0 Å². The highest BCUT2D eigenvalue weighted by atomic mass is 35.5. The minimum atomic E-state index is -0.772. The van der Waals surface area contributed by atoms with E-state index >= 15 is 0 Å². The standard InChI is InChI=1S/C18H13ClF2N4O2/c1-27-17(26)10-5-6-11(19)14(9-10)23-15-7-8-22-18(24-15)25-16-12(20)3-2-4-13(16)21/h2-9H,1H3,(H2,22,23,24,25). The monoisotopic (exact) mass is 390 g/mol. The number of para-hydroxylation sites is 1. The number of ether oxygens (including phenoxy) is 1. The van der Waals surface area contributed by atoms with Gasteiger partial charge in [-0.1, -0.05) is 17.7 Å². The van der Waals surface area contributed by atoms with E-state index in [1.165, 1.54) is 43.6 Å². The predicted octanol–water partition coefficient (Wildman–Crippen LogP) is 4.68. The van der Waals surface area contributed by atoms with Gasteiger partial charge in [0.25, 0.3) is 0 Å². The third-order valence-electron chi connectivity index (χ3n) is 3.51. The molecule has 9 heteroatoms. The molecular weight excluding hydrogens is 378 g/mol. The number of carbonyl (C=O) groups is 1. The summed E-state index contributed by atoms with van der Waals surface area (Å²) in [6.45, 7) is 0. The van der Waals surface area contributed by atoms with Crippen LogP contribution in [0.25, 0.3) is 0 Å². The van der Waals surface area contributed by atoms with E-state index in [4.69, 9.17) is 11.6 Å². The SMILES string of the molecule is COC(=O)c1ccc(Cl)c(Nc2ccnc(Nc3c(F)cccc3F)n2)c1. The Hall–Kier alpha value is -3.26. The average Bonchev–Trinajstić information content (AvgIpc) is 2.66. The summed E-state index contributed by atoms with van der Waals surface area (Å²) in [5.41, 5.74) is 0.340. The van der Waals surface area contributed by atoms with Gasteiger partial charge in [0, 0.05) is 6.20 Å². The second-order valence-corrected chi connectivity index (χ2v) is 5.71. The second-order valence-electron chi connectivity index (χ2n) is 5.30. The zero-order valence-electron chi connectivity index (χ0n) is 14.0. The highest BCUT2D eigenvalue weighted by Crippen LogP contribution is 2.27. The Balaban J connectivity index is 1.85. The van der Waals surface area contributed by atoms with E-state index in [9.17, 15) is 13.6 Å². The largest absolute Gasteiger partial charge is 0.465 e. The topological polar surface area (TPSA) is 76.1 Å². The number of anilines is 4. The van der Waals surface area contributed by atoms with E-state index in [1.54, 1.807) is 0 Å². The minimum Gasteiger partial charge on any atom is -0.465 e. The first-order valence-electron chi connectivity index (χ1n) is 7.67. The molecule has 27 heavy (non-hydrogen) atoms. The molecule has 0 aliphatic rings. The van der Waals surface area contributed by atoms with Gasteiger partial charge in [0.15, 0.2) is 0 Å². The molecule has 0 fully saturated rings. The molecule has 0 radical (unpaired) electrons. The molecule has 3 rings (SSSR count). The molecule has 0 bridgehead atoms. The number of nitrogens with one attached hydrogen (secondary N) is 2. The fourth-order valence-electron chi connectivity index (χ4n) is 2.22. The third-order valence-corrected chi connectivity index (χ3v) is 3.83. The highest BCUT2D eigenvalue weighted by molar-refractivity contribution is 6.33. The molecule has 2 N–H and O–H groups in total. The van der Waals surface area contributed by atoms with E-state index < -0.39 is 17.6 Å². The van der Waals surface area contributed by atoms with Crippen LogP contribution in [-0.4, -0.2) is 23.0 Å². The van der Waals surface area contributed by atoms with Crippen molar-refractivity contribution in [2.75, 3.05) is 17.7 Å². The molecule has 1 aromatic heterocycles. The zero-order chi connectivity index (χ0) is 19.4. The molecule has 0 amide bonds. The van der Waals surface area contributed by atoms with Crippen molar-refractivity contribution >= 4 is 40.7 Å². The fraction of sp³-hybridized carbons (Fsp3) is 0.0556. The molecule has 0 aliphatic heterocycles. The Kier molecular flexibility index (Phi) is 5.46. The molecule has 138 valence electrons. The van der Waals surface area contributed by atoms with Crippen LogP contribution in [0.15, 0.2) is 48.7 Å². The van der Waals surface area contributed by atoms with Gasteiger partial charge in [0.1, 0.15) is 23.1 Å². The number of aromatic nitrogens is 2.